The van der Waals surface area contributed by atoms with Crippen molar-refractivity contribution in [1.29, 1.82) is 0 Å². The highest BCUT2D eigenvalue weighted by Crippen LogP contribution is 2.38. The standard InChI is InChI=1S/C15H25NO/c1-2-3-7-11-16-14-8-12-17-15(13-14)9-5-4-6-10-15/h14,16H,4-13H2,1H3. The third kappa shape index (κ3) is 3.72. The van der Waals surface area contributed by atoms with Crippen LogP contribution in [-0.4, -0.2) is 24.8 Å². The highest BCUT2D eigenvalue weighted by molar-refractivity contribution is 4.96. The highest BCUT2D eigenvalue weighted by Gasteiger charge is 2.38. The lowest BCUT2D eigenvalue weighted by Crippen LogP contribution is -2.48. The number of hydrogen-bond acceptors (Lipinski definition) is 2. The molecule has 0 aromatic rings. The van der Waals surface area contributed by atoms with Gasteiger partial charge in [-0.15, -0.1) is 11.8 Å². The Morgan fingerprint density at radius 2 is 2.12 bits per heavy atom. The average Bonchev–Trinajstić information content (AvgIpc) is 2.36. The van der Waals surface area contributed by atoms with Crippen molar-refractivity contribution >= 4 is 0 Å². The monoisotopic (exact) mass is 235 g/mol. The van der Waals surface area contributed by atoms with Gasteiger partial charge in [-0.05, 0) is 32.6 Å². The minimum absolute atomic E-state index is 0.227. The number of ether oxygens (including phenoxy) is 1. The smallest absolute Gasteiger partial charge is 0.0697 e. The Labute approximate surface area is 105 Å². The summed E-state index contributed by atoms with van der Waals surface area (Å²) in [5.74, 6) is 6.06. The summed E-state index contributed by atoms with van der Waals surface area (Å²) in [6, 6.07) is 0.653. The van der Waals surface area contributed by atoms with Crippen LogP contribution in [0.1, 0.15) is 58.3 Å². The molecular weight excluding hydrogens is 210 g/mol. The van der Waals surface area contributed by atoms with Gasteiger partial charge in [0.25, 0.3) is 0 Å². The molecule has 2 aliphatic rings. The van der Waals surface area contributed by atoms with Crippen LogP contribution in [0, 0.1) is 11.8 Å². The molecule has 17 heavy (non-hydrogen) atoms. The predicted octanol–water partition coefficient (Wildman–Crippen LogP) is 2.87. The second-order valence-electron chi connectivity index (χ2n) is 5.41. The van der Waals surface area contributed by atoms with E-state index in [4.69, 9.17) is 4.74 Å². The first kappa shape index (κ1) is 12.9. The van der Waals surface area contributed by atoms with Crippen LogP contribution in [0.15, 0.2) is 0 Å². The zero-order chi connectivity index (χ0) is 12.0. The summed E-state index contributed by atoms with van der Waals surface area (Å²) in [6.07, 6.45) is 10.0. The summed E-state index contributed by atoms with van der Waals surface area (Å²) in [5, 5.41) is 3.65. The molecule has 1 unspecified atom stereocenters. The molecule has 2 fully saturated rings. The second-order valence-corrected chi connectivity index (χ2v) is 5.41. The quantitative estimate of drug-likeness (QED) is 0.600. The van der Waals surface area contributed by atoms with E-state index in [9.17, 15) is 0 Å². The molecule has 96 valence electrons. The lowest BCUT2D eigenvalue weighted by molar-refractivity contribution is -0.109. The SMILES string of the molecule is CC#CCCNC1CCOC2(CCCCC2)C1. The summed E-state index contributed by atoms with van der Waals surface area (Å²) >= 11 is 0. The maximum atomic E-state index is 6.10. The first-order chi connectivity index (χ1) is 8.35. The topological polar surface area (TPSA) is 21.3 Å². The fourth-order valence-electron chi connectivity index (χ4n) is 3.21. The van der Waals surface area contributed by atoms with Gasteiger partial charge in [0.1, 0.15) is 0 Å². The van der Waals surface area contributed by atoms with Crippen molar-refractivity contribution < 1.29 is 4.74 Å². The van der Waals surface area contributed by atoms with Gasteiger partial charge in [-0.2, -0.15) is 0 Å². The number of rotatable bonds is 3. The molecule has 1 aliphatic heterocycles. The van der Waals surface area contributed by atoms with Gasteiger partial charge in [0.05, 0.1) is 5.60 Å². The minimum atomic E-state index is 0.227. The molecule has 1 aliphatic carbocycles. The van der Waals surface area contributed by atoms with Crippen LogP contribution in [0.3, 0.4) is 0 Å². The zero-order valence-electron chi connectivity index (χ0n) is 11.1. The zero-order valence-corrected chi connectivity index (χ0v) is 11.1. The Kier molecular flexibility index (Phi) is 4.88. The Bertz CT molecular complexity index is 278. The molecule has 1 heterocycles. The first-order valence-electron chi connectivity index (χ1n) is 7.12. The van der Waals surface area contributed by atoms with Gasteiger partial charge >= 0.3 is 0 Å². The molecule has 0 aromatic heterocycles. The highest BCUT2D eigenvalue weighted by atomic mass is 16.5. The summed E-state index contributed by atoms with van der Waals surface area (Å²) < 4.78 is 6.10. The molecule has 2 heteroatoms. The van der Waals surface area contributed by atoms with E-state index in [1.165, 1.54) is 44.9 Å². The van der Waals surface area contributed by atoms with E-state index >= 15 is 0 Å². The van der Waals surface area contributed by atoms with Crippen LogP contribution in [-0.2, 0) is 4.74 Å². The van der Waals surface area contributed by atoms with Crippen molar-refractivity contribution in [3.05, 3.63) is 0 Å². The van der Waals surface area contributed by atoms with Crippen LogP contribution >= 0.6 is 0 Å². The van der Waals surface area contributed by atoms with Gasteiger partial charge in [0.2, 0.25) is 0 Å². The Morgan fingerprint density at radius 1 is 1.29 bits per heavy atom. The van der Waals surface area contributed by atoms with E-state index in [1.54, 1.807) is 0 Å². The molecule has 0 aromatic carbocycles. The van der Waals surface area contributed by atoms with Crippen LogP contribution in [0.5, 0.6) is 0 Å². The predicted molar refractivity (Wildman–Crippen MR) is 70.9 cm³/mol. The van der Waals surface area contributed by atoms with Gasteiger partial charge < -0.3 is 10.1 Å². The van der Waals surface area contributed by atoms with Crippen LogP contribution in [0.4, 0.5) is 0 Å². The van der Waals surface area contributed by atoms with Gasteiger partial charge in [0, 0.05) is 25.6 Å². The molecule has 0 amide bonds. The Hall–Kier alpha value is -0.520. The van der Waals surface area contributed by atoms with Crippen molar-refractivity contribution in [3.8, 4) is 11.8 Å². The molecule has 1 saturated carbocycles. The van der Waals surface area contributed by atoms with Crippen molar-refractivity contribution in [3.63, 3.8) is 0 Å². The Balaban J connectivity index is 1.77. The number of hydrogen-bond donors (Lipinski definition) is 1. The van der Waals surface area contributed by atoms with Crippen molar-refractivity contribution in [2.45, 2.75) is 69.9 Å². The second kappa shape index (κ2) is 6.42. The third-order valence-electron chi connectivity index (χ3n) is 4.12. The fourth-order valence-corrected chi connectivity index (χ4v) is 3.21. The van der Waals surface area contributed by atoms with E-state index < -0.39 is 0 Å². The minimum Gasteiger partial charge on any atom is -0.375 e. The Morgan fingerprint density at radius 3 is 2.88 bits per heavy atom. The normalized spacial score (nSPS) is 27.5. The molecule has 2 rings (SSSR count). The maximum absolute atomic E-state index is 6.10. The van der Waals surface area contributed by atoms with Crippen molar-refractivity contribution in [1.82, 2.24) is 5.32 Å². The number of nitrogens with one attached hydrogen (secondary N) is 1. The van der Waals surface area contributed by atoms with Gasteiger partial charge in [0.15, 0.2) is 0 Å². The molecule has 0 radical (unpaired) electrons. The van der Waals surface area contributed by atoms with E-state index in [1.807, 2.05) is 6.92 Å². The van der Waals surface area contributed by atoms with Crippen LogP contribution < -0.4 is 5.32 Å². The molecule has 1 spiro atoms. The molecule has 2 nitrogen and oxygen atoms in total. The molecule has 1 atom stereocenters. The van der Waals surface area contributed by atoms with Crippen LogP contribution in [0.2, 0.25) is 0 Å². The fraction of sp³-hybridized carbons (Fsp3) is 0.867. The van der Waals surface area contributed by atoms with Crippen LogP contribution in [0.25, 0.3) is 0 Å². The molecule has 0 bridgehead atoms. The van der Waals surface area contributed by atoms with Crippen molar-refractivity contribution in [2.75, 3.05) is 13.2 Å². The van der Waals surface area contributed by atoms with Gasteiger partial charge in [-0.25, -0.2) is 0 Å². The molecule has 1 saturated heterocycles. The van der Waals surface area contributed by atoms with Gasteiger partial charge in [-0.1, -0.05) is 19.3 Å². The summed E-state index contributed by atoms with van der Waals surface area (Å²) in [4.78, 5) is 0. The molecule has 1 N–H and O–H groups in total. The lowest BCUT2D eigenvalue weighted by Gasteiger charge is -2.43. The summed E-state index contributed by atoms with van der Waals surface area (Å²) in [5.41, 5.74) is 0.227. The third-order valence-corrected chi connectivity index (χ3v) is 4.12. The van der Waals surface area contributed by atoms with E-state index in [2.05, 4.69) is 17.2 Å². The lowest BCUT2D eigenvalue weighted by atomic mass is 9.78. The first-order valence-corrected chi connectivity index (χ1v) is 7.12. The van der Waals surface area contributed by atoms with E-state index in [0.717, 1.165) is 19.6 Å². The van der Waals surface area contributed by atoms with E-state index in [0.29, 0.717) is 6.04 Å². The summed E-state index contributed by atoms with van der Waals surface area (Å²) in [7, 11) is 0. The maximum Gasteiger partial charge on any atom is 0.0697 e. The van der Waals surface area contributed by atoms with Crippen molar-refractivity contribution in [2.24, 2.45) is 0 Å². The van der Waals surface area contributed by atoms with Gasteiger partial charge in [-0.3, -0.25) is 0 Å². The molecular formula is C15H25NO. The average molecular weight is 235 g/mol. The largest absolute Gasteiger partial charge is 0.375 e. The summed E-state index contributed by atoms with van der Waals surface area (Å²) in [6.45, 7) is 3.88. The van der Waals surface area contributed by atoms with E-state index in [-0.39, 0.29) is 5.60 Å².